The van der Waals surface area contributed by atoms with Crippen LogP contribution < -0.4 is 0 Å². The normalized spacial score (nSPS) is 27.5. The summed E-state index contributed by atoms with van der Waals surface area (Å²) in [7, 11) is -3.72. The zero-order chi connectivity index (χ0) is 14.3. The second-order valence-electron chi connectivity index (χ2n) is 5.59. The van der Waals surface area contributed by atoms with Crippen LogP contribution in [0.2, 0.25) is 0 Å². The second-order valence-corrected chi connectivity index (χ2v) is 8.37. The quantitative estimate of drug-likeness (QED) is 0.807. The fourth-order valence-corrected chi connectivity index (χ4v) is 5.58. The molecule has 0 aromatic heterocycles. The van der Waals surface area contributed by atoms with Crippen molar-refractivity contribution < 1.29 is 12.8 Å². The zero-order valence-corrected chi connectivity index (χ0v) is 13.5. The topological polar surface area (TPSA) is 37.4 Å². The smallest absolute Gasteiger partial charge is 0.207 e. The molecule has 0 amide bonds. The number of halogens is 2. The lowest BCUT2D eigenvalue weighted by Gasteiger charge is -2.31. The van der Waals surface area contributed by atoms with Gasteiger partial charge in [0.05, 0.1) is 0 Å². The number of fused-ring (bicyclic) bond motifs is 1. The first-order valence-electron chi connectivity index (χ1n) is 6.97. The molecule has 2 aliphatic rings. The largest absolute Gasteiger partial charge is 0.246 e. The predicted molar refractivity (Wildman–Crippen MR) is 78.4 cm³/mol. The third-order valence-corrected chi connectivity index (χ3v) is 6.89. The number of sulfonamides is 1. The van der Waals surface area contributed by atoms with Gasteiger partial charge >= 0.3 is 0 Å². The monoisotopic (exact) mass is 361 g/mol. The molecule has 110 valence electrons. The fourth-order valence-electron chi connectivity index (χ4n) is 3.47. The van der Waals surface area contributed by atoms with Gasteiger partial charge in [0.1, 0.15) is 10.7 Å². The lowest BCUT2D eigenvalue weighted by molar-refractivity contribution is 0.260. The van der Waals surface area contributed by atoms with Crippen LogP contribution in [0.1, 0.15) is 32.1 Å². The van der Waals surface area contributed by atoms with Crippen LogP contribution in [0, 0.1) is 11.7 Å². The van der Waals surface area contributed by atoms with Crippen LogP contribution in [0.3, 0.4) is 0 Å². The van der Waals surface area contributed by atoms with Crippen molar-refractivity contribution in [2.75, 3.05) is 6.54 Å². The fraction of sp³-hybridized carbons (Fsp3) is 0.571. The molecule has 0 spiro atoms. The first-order chi connectivity index (χ1) is 9.50. The Labute approximate surface area is 127 Å². The molecule has 1 aromatic carbocycles. The molecule has 2 fully saturated rings. The van der Waals surface area contributed by atoms with E-state index in [0.717, 1.165) is 25.7 Å². The van der Waals surface area contributed by atoms with Crippen LogP contribution in [-0.4, -0.2) is 25.3 Å². The molecule has 0 radical (unpaired) electrons. The maximum absolute atomic E-state index is 14.0. The van der Waals surface area contributed by atoms with Gasteiger partial charge in [-0.15, -0.1) is 0 Å². The lowest BCUT2D eigenvalue weighted by atomic mass is 9.86. The SMILES string of the molecule is O=S(=O)(c1ccc(Br)cc1F)N1CCC2CCCCC21. The highest BCUT2D eigenvalue weighted by Gasteiger charge is 2.43. The number of rotatable bonds is 2. The minimum atomic E-state index is -3.72. The van der Waals surface area contributed by atoms with Gasteiger partial charge < -0.3 is 0 Å². The highest BCUT2D eigenvalue weighted by Crippen LogP contribution is 2.39. The molecule has 20 heavy (non-hydrogen) atoms. The Morgan fingerprint density at radius 2 is 1.95 bits per heavy atom. The lowest BCUT2D eigenvalue weighted by Crippen LogP contribution is -2.39. The van der Waals surface area contributed by atoms with Crippen molar-refractivity contribution in [3.63, 3.8) is 0 Å². The highest BCUT2D eigenvalue weighted by atomic mass is 79.9. The summed E-state index contributed by atoms with van der Waals surface area (Å²) in [6.07, 6.45) is 5.15. The molecule has 1 saturated carbocycles. The van der Waals surface area contributed by atoms with Crippen molar-refractivity contribution in [1.29, 1.82) is 0 Å². The molecule has 3 nitrogen and oxygen atoms in total. The summed E-state index contributed by atoms with van der Waals surface area (Å²) in [6, 6.07) is 4.20. The highest BCUT2D eigenvalue weighted by molar-refractivity contribution is 9.10. The van der Waals surface area contributed by atoms with Gasteiger partial charge in [0.25, 0.3) is 0 Å². The Morgan fingerprint density at radius 1 is 1.20 bits per heavy atom. The minimum absolute atomic E-state index is 0.0665. The van der Waals surface area contributed by atoms with Crippen molar-refractivity contribution in [2.45, 2.75) is 43.0 Å². The van der Waals surface area contributed by atoms with Crippen molar-refractivity contribution in [3.05, 3.63) is 28.5 Å². The Balaban J connectivity index is 1.95. The van der Waals surface area contributed by atoms with Gasteiger partial charge in [0.15, 0.2) is 0 Å². The van der Waals surface area contributed by atoms with Gasteiger partial charge in [-0.3, -0.25) is 0 Å². The van der Waals surface area contributed by atoms with E-state index in [1.54, 1.807) is 6.07 Å². The number of hydrogen-bond donors (Lipinski definition) is 0. The first-order valence-corrected chi connectivity index (χ1v) is 9.20. The Morgan fingerprint density at radius 3 is 2.70 bits per heavy atom. The molecule has 2 atom stereocenters. The summed E-state index contributed by atoms with van der Waals surface area (Å²) in [5, 5.41) is 0. The number of hydrogen-bond acceptors (Lipinski definition) is 2. The zero-order valence-electron chi connectivity index (χ0n) is 11.1. The molecule has 1 saturated heterocycles. The molecular weight excluding hydrogens is 345 g/mol. The molecule has 0 bridgehead atoms. The second kappa shape index (κ2) is 5.39. The Kier molecular flexibility index (Phi) is 3.90. The van der Waals surface area contributed by atoms with Gasteiger partial charge in [-0.2, -0.15) is 4.31 Å². The minimum Gasteiger partial charge on any atom is -0.207 e. The molecular formula is C14H17BrFNO2S. The van der Waals surface area contributed by atoms with Crippen LogP contribution in [-0.2, 0) is 10.0 Å². The van der Waals surface area contributed by atoms with E-state index in [2.05, 4.69) is 15.9 Å². The summed E-state index contributed by atoms with van der Waals surface area (Å²) in [6.45, 7) is 0.521. The van der Waals surface area contributed by atoms with Crippen LogP contribution in [0.4, 0.5) is 4.39 Å². The van der Waals surface area contributed by atoms with Gasteiger partial charge in [-0.05, 0) is 43.4 Å². The molecule has 0 N–H and O–H groups in total. The third kappa shape index (κ3) is 2.42. The maximum atomic E-state index is 14.0. The first kappa shape index (κ1) is 14.5. The Hall–Kier alpha value is -0.460. The molecule has 1 heterocycles. The average molecular weight is 362 g/mol. The number of benzene rings is 1. The summed E-state index contributed by atoms with van der Waals surface area (Å²) in [5.41, 5.74) is 0. The van der Waals surface area contributed by atoms with Crippen LogP contribution in [0.15, 0.2) is 27.6 Å². The summed E-state index contributed by atoms with van der Waals surface area (Å²) >= 11 is 3.15. The van der Waals surface area contributed by atoms with Gasteiger partial charge in [0, 0.05) is 17.1 Å². The van der Waals surface area contributed by atoms with E-state index in [4.69, 9.17) is 0 Å². The van der Waals surface area contributed by atoms with E-state index in [1.807, 2.05) is 0 Å². The van der Waals surface area contributed by atoms with Gasteiger partial charge in [0.2, 0.25) is 10.0 Å². The molecule has 1 aromatic rings. The molecule has 1 aliphatic heterocycles. The molecule has 6 heteroatoms. The molecule has 1 aliphatic carbocycles. The van der Waals surface area contributed by atoms with Gasteiger partial charge in [-0.25, -0.2) is 12.8 Å². The number of nitrogens with zero attached hydrogens (tertiary/aromatic N) is 1. The van der Waals surface area contributed by atoms with E-state index in [9.17, 15) is 12.8 Å². The predicted octanol–water partition coefficient (Wildman–Crippen LogP) is 3.54. The van der Waals surface area contributed by atoms with Crippen molar-refractivity contribution >= 4 is 26.0 Å². The van der Waals surface area contributed by atoms with Gasteiger partial charge in [-0.1, -0.05) is 28.8 Å². The van der Waals surface area contributed by atoms with Crippen LogP contribution in [0.25, 0.3) is 0 Å². The molecule has 3 rings (SSSR count). The summed E-state index contributed by atoms with van der Waals surface area (Å²) < 4.78 is 41.4. The van der Waals surface area contributed by atoms with Crippen LogP contribution in [0.5, 0.6) is 0 Å². The van der Waals surface area contributed by atoms with E-state index in [0.29, 0.717) is 16.9 Å². The molecule has 2 unspecified atom stereocenters. The van der Waals surface area contributed by atoms with Crippen molar-refractivity contribution in [1.82, 2.24) is 4.31 Å². The van der Waals surface area contributed by atoms with Crippen molar-refractivity contribution in [2.24, 2.45) is 5.92 Å². The standard InChI is InChI=1S/C14H17BrFNO2S/c15-11-5-6-14(12(16)9-11)20(18,19)17-8-7-10-3-1-2-4-13(10)17/h5-6,9-10,13H,1-4,7-8H2. The van der Waals surface area contributed by atoms with E-state index in [-0.39, 0.29) is 10.9 Å². The van der Waals surface area contributed by atoms with E-state index in [1.165, 1.54) is 22.9 Å². The van der Waals surface area contributed by atoms with Crippen LogP contribution >= 0.6 is 15.9 Å². The summed E-state index contributed by atoms with van der Waals surface area (Å²) in [4.78, 5) is -0.202. The van der Waals surface area contributed by atoms with Crippen molar-refractivity contribution in [3.8, 4) is 0 Å². The maximum Gasteiger partial charge on any atom is 0.246 e. The summed E-state index contributed by atoms with van der Waals surface area (Å²) in [5.74, 6) is -0.226. The van der Waals surface area contributed by atoms with E-state index < -0.39 is 15.8 Å². The average Bonchev–Trinajstić information content (AvgIpc) is 2.82. The third-order valence-electron chi connectivity index (χ3n) is 4.44. The Bertz CT molecular complexity index is 620. The van der Waals surface area contributed by atoms with E-state index >= 15 is 0 Å².